The predicted molar refractivity (Wildman–Crippen MR) is 69.7 cm³/mol. The largest absolute Gasteiger partial charge is 0.507 e. The Hall–Kier alpha value is -2.09. The number of benzene rings is 1. The van der Waals surface area contributed by atoms with Gasteiger partial charge >= 0.3 is 11.9 Å². The Bertz CT molecular complexity index is 522. The van der Waals surface area contributed by atoms with Crippen LogP contribution in [-0.4, -0.2) is 37.8 Å². The SMILES string of the molecule is CCOC(=O)C(F)(F)[C@@H](N)c1c(O)cc(OC)cc1OC. The van der Waals surface area contributed by atoms with Gasteiger partial charge in [-0.05, 0) is 6.92 Å². The fraction of sp³-hybridized carbons (Fsp3) is 0.462. The van der Waals surface area contributed by atoms with E-state index in [1.54, 1.807) is 0 Å². The second-order valence-corrected chi connectivity index (χ2v) is 4.08. The highest BCUT2D eigenvalue weighted by Crippen LogP contribution is 2.42. The molecule has 0 spiro atoms. The van der Waals surface area contributed by atoms with E-state index in [4.69, 9.17) is 15.2 Å². The molecule has 0 aromatic heterocycles. The molecule has 1 aromatic rings. The molecule has 0 unspecified atom stereocenters. The van der Waals surface area contributed by atoms with Crippen molar-refractivity contribution in [1.82, 2.24) is 0 Å². The lowest BCUT2D eigenvalue weighted by Crippen LogP contribution is -2.42. The van der Waals surface area contributed by atoms with Crippen molar-refractivity contribution < 1.29 is 32.9 Å². The first-order chi connectivity index (χ1) is 9.79. The minimum absolute atomic E-state index is 0.122. The number of esters is 1. The van der Waals surface area contributed by atoms with Crippen LogP contribution in [0.3, 0.4) is 0 Å². The minimum Gasteiger partial charge on any atom is -0.507 e. The van der Waals surface area contributed by atoms with Gasteiger partial charge in [-0.15, -0.1) is 0 Å². The third-order valence-electron chi connectivity index (χ3n) is 2.80. The highest BCUT2D eigenvalue weighted by Gasteiger charge is 2.49. The number of nitrogens with two attached hydrogens (primary N) is 1. The van der Waals surface area contributed by atoms with Gasteiger partial charge in [0.2, 0.25) is 0 Å². The molecule has 1 rings (SSSR count). The fourth-order valence-corrected chi connectivity index (χ4v) is 1.72. The van der Waals surface area contributed by atoms with E-state index in [9.17, 15) is 18.7 Å². The average molecular weight is 305 g/mol. The number of carbonyl (C=O) groups is 1. The number of alkyl halides is 2. The number of hydrogen-bond acceptors (Lipinski definition) is 6. The molecular weight excluding hydrogens is 288 g/mol. The zero-order valence-electron chi connectivity index (χ0n) is 11.9. The molecule has 118 valence electrons. The van der Waals surface area contributed by atoms with Crippen molar-refractivity contribution in [2.45, 2.75) is 18.9 Å². The van der Waals surface area contributed by atoms with Crippen LogP contribution in [0.25, 0.3) is 0 Å². The van der Waals surface area contributed by atoms with E-state index in [-0.39, 0.29) is 18.1 Å². The van der Waals surface area contributed by atoms with E-state index in [0.717, 1.165) is 6.07 Å². The summed E-state index contributed by atoms with van der Waals surface area (Å²) in [5.74, 6) is -6.28. The van der Waals surface area contributed by atoms with Crippen LogP contribution < -0.4 is 15.2 Å². The Kier molecular flexibility index (Phi) is 5.31. The third kappa shape index (κ3) is 3.33. The molecule has 1 aromatic carbocycles. The number of ether oxygens (including phenoxy) is 3. The Labute approximate surface area is 120 Å². The quantitative estimate of drug-likeness (QED) is 0.776. The Morgan fingerprint density at radius 3 is 2.48 bits per heavy atom. The molecular formula is C13H17F2NO5. The zero-order valence-corrected chi connectivity index (χ0v) is 11.9. The Morgan fingerprint density at radius 2 is 2.00 bits per heavy atom. The summed E-state index contributed by atoms with van der Waals surface area (Å²) in [6, 6.07) is 0.243. The van der Waals surface area contributed by atoms with Gasteiger partial charge in [-0.2, -0.15) is 8.78 Å². The number of aromatic hydroxyl groups is 1. The molecule has 3 N–H and O–H groups in total. The summed E-state index contributed by atoms with van der Waals surface area (Å²) in [6.07, 6.45) is 0. The molecule has 21 heavy (non-hydrogen) atoms. The van der Waals surface area contributed by atoms with Crippen molar-refractivity contribution >= 4 is 5.97 Å². The smallest absolute Gasteiger partial charge is 0.379 e. The first-order valence-corrected chi connectivity index (χ1v) is 6.05. The molecule has 0 aliphatic carbocycles. The molecule has 6 nitrogen and oxygen atoms in total. The van der Waals surface area contributed by atoms with Gasteiger partial charge < -0.3 is 25.1 Å². The number of carbonyl (C=O) groups excluding carboxylic acids is 1. The van der Waals surface area contributed by atoms with Crippen LogP contribution in [0.2, 0.25) is 0 Å². The van der Waals surface area contributed by atoms with Crippen molar-refractivity contribution in [3.8, 4) is 17.2 Å². The summed E-state index contributed by atoms with van der Waals surface area (Å²) < 4.78 is 42.0. The highest BCUT2D eigenvalue weighted by molar-refractivity contribution is 5.79. The zero-order chi connectivity index (χ0) is 16.2. The lowest BCUT2D eigenvalue weighted by atomic mass is 9.99. The number of phenolic OH excluding ortho intramolecular Hbond substituents is 1. The van der Waals surface area contributed by atoms with Crippen LogP contribution >= 0.6 is 0 Å². The molecule has 0 saturated carbocycles. The standard InChI is InChI=1S/C13H17F2NO5/c1-4-21-12(18)13(14,15)11(16)10-8(17)5-7(19-2)6-9(10)20-3/h5-6,11,17H,4,16H2,1-3H3/t11-/m0/s1. The van der Waals surface area contributed by atoms with E-state index < -0.39 is 29.2 Å². The van der Waals surface area contributed by atoms with Crippen LogP contribution in [0.15, 0.2) is 12.1 Å². The summed E-state index contributed by atoms with van der Waals surface area (Å²) >= 11 is 0. The molecule has 0 saturated heterocycles. The van der Waals surface area contributed by atoms with E-state index in [0.29, 0.717) is 0 Å². The molecule has 0 radical (unpaired) electrons. The van der Waals surface area contributed by atoms with Gasteiger partial charge in [0.05, 0.1) is 26.4 Å². The van der Waals surface area contributed by atoms with Gasteiger partial charge in [0.15, 0.2) is 0 Å². The van der Waals surface area contributed by atoms with Crippen molar-refractivity contribution in [1.29, 1.82) is 0 Å². The predicted octanol–water partition coefficient (Wildman–Crippen LogP) is 1.61. The van der Waals surface area contributed by atoms with Crippen molar-refractivity contribution in [3.05, 3.63) is 17.7 Å². The van der Waals surface area contributed by atoms with Gasteiger partial charge in [-0.25, -0.2) is 4.79 Å². The molecule has 0 bridgehead atoms. The van der Waals surface area contributed by atoms with Crippen LogP contribution in [0, 0.1) is 0 Å². The maximum absolute atomic E-state index is 14.0. The van der Waals surface area contributed by atoms with E-state index in [2.05, 4.69) is 4.74 Å². The molecule has 0 aliphatic heterocycles. The summed E-state index contributed by atoms with van der Waals surface area (Å²) in [6.45, 7) is 1.18. The molecule has 0 fully saturated rings. The Balaban J connectivity index is 3.29. The van der Waals surface area contributed by atoms with Gasteiger partial charge in [-0.1, -0.05) is 0 Å². The van der Waals surface area contributed by atoms with Gasteiger partial charge in [0.1, 0.15) is 23.3 Å². The van der Waals surface area contributed by atoms with Crippen LogP contribution in [0.1, 0.15) is 18.5 Å². The lowest BCUT2D eigenvalue weighted by Gasteiger charge is -2.24. The maximum atomic E-state index is 14.0. The molecule has 0 amide bonds. The van der Waals surface area contributed by atoms with E-state index >= 15 is 0 Å². The van der Waals surface area contributed by atoms with Gasteiger partial charge in [0, 0.05) is 12.1 Å². The van der Waals surface area contributed by atoms with E-state index in [1.807, 2.05) is 0 Å². The topological polar surface area (TPSA) is 91.0 Å². The number of phenols is 1. The first-order valence-electron chi connectivity index (χ1n) is 6.05. The summed E-state index contributed by atoms with van der Waals surface area (Å²) in [7, 11) is 2.55. The van der Waals surface area contributed by atoms with Crippen molar-refractivity contribution in [2.75, 3.05) is 20.8 Å². The van der Waals surface area contributed by atoms with Gasteiger partial charge in [0.25, 0.3) is 0 Å². The number of halogens is 2. The summed E-state index contributed by atoms with van der Waals surface area (Å²) in [5.41, 5.74) is 5.03. The Morgan fingerprint density at radius 1 is 1.38 bits per heavy atom. The minimum atomic E-state index is -4.02. The number of rotatable bonds is 6. The normalized spacial score (nSPS) is 12.7. The first kappa shape index (κ1) is 17.0. The molecule has 0 heterocycles. The van der Waals surface area contributed by atoms with Crippen molar-refractivity contribution in [3.63, 3.8) is 0 Å². The molecule has 0 aliphatic rings. The van der Waals surface area contributed by atoms with Gasteiger partial charge in [-0.3, -0.25) is 0 Å². The lowest BCUT2D eigenvalue weighted by molar-refractivity contribution is -0.174. The summed E-state index contributed by atoms with van der Waals surface area (Å²) in [5, 5.41) is 9.85. The fourth-order valence-electron chi connectivity index (χ4n) is 1.72. The third-order valence-corrected chi connectivity index (χ3v) is 2.80. The molecule has 1 atom stereocenters. The second-order valence-electron chi connectivity index (χ2n) is 4.08. The molecule has 8 heteroatoms. The maximum Gasteiger partial charge on any atom is 0.379 e. The number of methoxy groups -OCH3 is 2. The highest BCUT2D eigenvalue weighted by atomic mass is 19.3. The van der Waals surface area contributed by atoms with Crippen molar-refractivity contribution in [2.24, 2.45) is 5.73 Å². The number of hydrogen-bond donors (Lipinski definition) is 2. The summed E-state index contributed by atoms with van der Waals surface area (Å²) in [4.78, 5) is 11.3. The van der Waals surface area contributed by atoms with E-state index in [1.165, 1.54) is 27.2 Å². The van der Waals surface area contributed by atoms with Crippen LogP contribution in [0.5, 0.6) is 17.2 Å². The van der Waals surface area contributed by atoms with Crippen LogP contribution in [-0.2, 0) is 9.53 Å². The monoisotopic (exact) mass is 305 g/mol. The second kappa shape index (κ2) is 6.57. The average Bonchev–Trinajstić information content (AvgIpc) is 2.45. The van der Waals surface area contributed by atoms with Crippen LogP contribution in [0.4, 0.5) is 8.78 Å².